The van der Waals surface area contributed by atoms with Crippen molar-refractivity contribution in [2.75, 3.05) is 19.6 Å². The maximum Gasteiger partial charge on any atom is 0.410 e. The number of nitrogens with zero attached hydrogens (tertiary/aromatic N) is 2. The summed E-state index contributed by atoms with van der Waals surface area (Å²) in [5.74, 6) is 2.41. The van der Waals surface area contributed by atoms with E-state index < -0.39 is 5.60 Å². The Morgan fingerprint density at radius 2 is 2.04 bits per heavy atom. The van der Waals surface area contributed by atoms with Crippen LogP contribution in [0.5, 0.6) is 0 Å². The molecule has 146 valence electrons. The smallest absolute Gasteiger partial charge is 0.410 e. The highest BCUT2D eigenvalue weighted by molar-refractivity contribution is 5.82. The molecule has 2 aliphatic carbocycles. The number of carbonyl (C=O) groups is 2. The molecule has 0 radical (unpaired) electrons. The molecule has 0 bridgehead atoms. The Balaban J connectivity index is 1.14. The molecule has 0 aromatic carbocycles. The maximum atomic E-state index is 12.3. The molecule has 6 heteroatoms. The largest absolute Gasteiger partial charge is 0.444 e. The third-order valence-corrected chi connectivity index (χ3v) is 6.04. The maximum absolute atomic E-state index is 12.3. The molecule has 27 heavy (non-hydrogen) atoms. The molecule has 1 aliphatic heterocycles. The van der Waals surface area contributed by atoms with Crippen LogP contribution < -0.4 is 5.32 Å². The lowest BCUT2D eigenvalue weighted by Gasteiger charge is -2.25. The van der Waals surface area contributed by atoms with Gasteiger partial charge in [-0.05, 0) is 68.9 Å². The number of nitrogens with one attached hydrogen (secondary N) is 1. The fourth-order valence-corrected chi connectivity index (χ4v) is 4.49. The van der Waals surface area contributed by atoms with Crippen LogP contribution in [0.25, 0.3) is 0 Å². The average molecular weight is 371 g/mol. The van der Waals surface area contributed by atoms with Crippen molar-refractivity contribution in [2.24, 2.45) is 23.7 Å². The Morgan fingerprint density at radius 3 is 2.67 bits per heavy atom. The number of hydrogen-bond donors (Lipinski definition) is 1. The van der Waals surface area contributed by atoms with Crippen LogP contribution in [-0.2, 0) is 9.53 Å². The number of carbonyl (C=O) groups excluding carboxylic acids is 2. The molecular weight excluding hydrogens is 342 g/mol. The number of hydrogen-bond acceptors (Lipinski definition) is 4. The summed E-state index contributed by atoms with van der Waals surface area (Å²) in [6.07, 6.45) is 5.36. The average Bonchev–Trinajstić information content (AvgIpc) is 3.49. The number of ether oxygens (including phenoxy) is 1. The van der Waals surface area contributed by atoms with E-state index in [0.717, 1.165) is 38.0 Å². The zero-order valence-electron chi connectivity index (χ0n) is 16.4. The van der Waals surface area contributed by atoms with Crippen molar-refractivity contribution in [1.29, 1.82) is 0 Å². The molecule has 1 saturated heterocycles. The second-order valence-electron chi connectivity index (χ2n) is 9.19. The minimum atomic E-state index is -0.440. The second kappa shape index (κ2) is 6.80. The first kappa shape index (κ1) is 18.3. The lowest BCUT2D eigenvalue weighted by Crippen LogP contribution is -2.37. The quantitative estimate of drug-likeness (QED) is 0.864. The van der Waals surface area contributed by atoms with Gasteiger partial charge in [-0.2, -0.15) is 0 Å². The van der Waals surface area contributed by atoms with Gasteiger partial charge in [0.1, 0.15) is 5.60 Å². The van der Waals surface area contributed by atoms with E-state index in [1.807, 2.05) is 44.0 Å². The van der Waals surface area contributed by atoms with Crippen molar-refractivity contribution in [1.82, 2.24) is 15.2 Å². The zero-order valence-corrected chi connectivity index (χ0v) is 16.4. The third kappa shape index (κ3) is 4.09. The molecule has 3 fully saturated rings. The SMILES string of the molecule is CC(C)(C)OC(=O)N1CC2C(CCNC(=O)C3CC3c3cccnc3)C2C1. The van der Waals surface area contributed by atoms with Crippen molar-refractivity contribution in [3.63, 3.8) is 0 Å². The van der Waals surface area contributed by atoms with Crippen molar-refractivity contribution < 1.29 is 14.3 Å². The molecular formula is C21H29N3O3. The van der Waals surface area contributed by atoms with Crippen LogP contribution in [0.4, 0.5) is 4.79 Å². The normalized spacial score (nSPS) is 31.2. The minimum Gasteiger partial charge on any atom is -0.444 e. The Labute approximate surface area is 160 Å². The summed E-state index contributed by atoms with van der Waals surface area (Å²) in [5, 5.41) is 3.11. The standard InChI is InChI=1S/C21H29N3O3/c1-21(2,3)27-20(26)24-11-17-14(18(17)12-24)6-8-23-19(25)16-9-15(16)13-5-4-7-22-10-13/h4-5,7,10,14-18H,6,8-9,11-12H2,1-3H3,(H,23,25). The van der Waals surface area contributed by atoms with Gasteiger partial charge >= 0.3 is 6.09 Å². The summed E-state index contributed by atoms with van der Waals surface area (Å²) in [6.45, 7) is 8.01. The van der Waals surface area contributed by atoms with Gasteiger partial charge in [-0.3, -0.25) is 9.78 Å². The third-order valence-electron chi connectivity index (χ3n) is 6.04. The van der Waals surface area contributed by atoms with Gasteiger partial charge in [0.25, 0.3) is 0 Å². The molecule has 0 spiro atoms. The van der Waals surface area contributed by atoms with E-state index in [9.17, 15) is 9.59 Å². The first-order valence-electron chi connectivity index (χ1n) is 9.99. The summed E-state index contributed by atoms with van der Waals surface area (Å²) >= 11 is 0. The fourth-order valence-electron chi connectivity index (χ4n) is 4.49. The van der Waals surface area contributed by atoms with Gasteiger partial charge < -0.3 is 15.0 Å². The fraction of sp³-hybridized carbons (Fsp3) is 0.667. The van der Waals surface area contributed by atoms with Crippen LogP contribution in [0.2, 0.25) is 0 Å². The van der Waals surface area contributed by atoms with Crippen molar-refractivity contribution in [3.05, 3.63) is 30.1 Å². The van der Waals surface area contributed by atoms with E-state index in [-0.39, 0.29) is 17.9 Å². The van der Waals surface area contributed by atoms with Crippen LogP contribution in [0.3, 0.4) is 0 Å². The van der Waals surface area contributed by atoms with E-state index in [1.54, 1.807) is 6.20 Å². The summed E-state index contributed by atoms with van der Waals surface area (Å²) < 4.78 is 5.44. The highest BCUT2D eigenvalue weighted by Crippen LogP contribution is 2.53. The van der Waals surface area contributed by atoms with Crippen LogP contribution in [0, 0.1) is 23.7 Å². The van der Waals surface area contributed by atoms with Crippen LogP contribution in [0.1, 0.15) is 45.1 Å². The lowest BCUT2D eigenvalue weighted by molar-refractivity contribution is -0.122. The van der Waals surface area contributed by atoms with Crippen molar-refractivity contribution in [2.45, 2.75) is 45.1 Å². The number of piperidine rings is 1. The molecule has 3 aliphatic rings. The predicted molar refractivity (Wildman–Crippen MR) is 101 cm³/mol. The number of pyridine rings is 1. The highest BCUT2D eigenvalue weighted by atomic mass is 16.6. The van der Waals surface area contributed by atoms with Gasteiger partial charge in [0.15, 0.2) is 0 Å². The molecule has 1 N–H and O–H groups in total. The van der Waals surface area contributed by atoms with Crippen molar-refractivity contribution >= 4 is 12.0 Å². The number of amides is 2. The molecule has 2 amide bonds. The summed E-state index contributed by atoms with van der Waals surface area (Å²) in [4.78, 5) is 30.4. The summed E-state index contributed by atoms with van der Waals surface area (Å²) in [7, 11) is 0. The predicted octanol–water partition coefficient (Wildman–Crippen LogP) is 2.80. The first-order chi connectivity index (χ1) is 12.8. The van der Waals surface area contributed by atoms with Gasteiger partial charge in [-0.25, -0.2) is 4.79 Å². The molecule has 4 atom stereocenters. The molecule has 4 unspecified atom stereocenters. The van der Waals surface area contributed by atoms with E-state index in [1.165, 1.54) is 0 Å². The van der Waals surface area contributed by atoms with Crippen LogP contribution in [0.15, 0.2) is 24.5 Å². The van der Waals surface area contributed by atoms with E-state index >= 15 is 0 Å². The molecule has 1 aromatic rings. The number of aromatic nitrogens is 1. The summed E-state index contributed by atoms with van der Waals surface area (Å²) in [6, 6.07) is 3.97. The number of likely N-dealkylation sites (tertiary alicyclic amines) is 1. The number of fused-ring (bicyclic) bond motifs is 1. The van der Waals surface area contributed by atoms with Crippen molar-refractivity contribution in [3.8, 4) is 0 Å². The molecule has 1 aromatic heterocycles. The minimum absolute atomic E-state index is 0.107. The van der Waals surface area contributed by atoms with Gasteiger partial charge in [-0.15, -0.1) is 0 Å². The Bertz CT molecular complexity index is 703. The van der Waals surface area contributed by atoms with Gasteiger partial charge in [0.05, 0.1) is 0 Å². The first-order valence-corrected chi connectivity index (χ1v) is 9.99. The lowest BCUT2D eigenvalue weighted by atomic mass is 10.1. The molecule has 2 heterocycles. The van der Waals surface area contributed by atoms with E-state index in [0.29, 0.717) is 23.7 Å². The van der Waals surface area contributed by atoms with Gasteiger partial charge in [0.2, 0.25) is 5.91 Å². The zero-order chi connectivity index (χ0) is 19.2. The van der Waals surface area contributed by atoms with Crippen LogP contribution >= 0.6 is 0 Å². The second-order valence-corrected chi connectivity index (χ2v) is 9.19. The van der Waals surface area contributed by atoms with Gasteiger partial charge in [-0.1, -0.05) is 6.07 Å². The molecule has 2 saturated carbocycles. The molecule has 6 nitrogen and oxygen atoms in total. The monoisotopic (exact) mass is 371 g/mol. The van der Waals surface area contributed by atoms with Crippen LogP contribution in [-0.4, -0.2) is 47.1 Å². The van der Waals surface area contributed by atoms with Gasteiger partial charge in [0, 0.05) is 37.9 Å². The van der Waals surface area contributed by atoms with E-state index in [4.69, 9.17) is 4.74 Å². The molecule has 4 rings (SSSR count). The highest BCUT2D eigenvalue weighted by Gasteiger charge is 2.56. The Kier molecular flexibility index (Phi) is 4.60. The van der Waals surface area contributed by atoms with E-state index in [2.05, 4.69) is 10.3 Å². The topological polar surface area (TPSA) is 71.5 Å². The Morgan fingerprint density at radius 1 is 1.30 bits per heavy atom. The Hall–Kier alpha value is -2.11. The summed E-state index contributed by atoms with van der Waals surface area (Å²) in [5.41, 5.74) is 0.723. The number of rotatable bonds is 5.